The fourth-order valence-electron chi connectivity index (χ4n) is 4.27. The van der Waals surface area contributed by atoms with Gasteiger partial charge in [0.1, 0.15) is 0 Å². The minimum Gasteiger partial charge on any atom is -0.481 e. The van der Waals surface area contributed by atoms with Crippen molar-refractivity contribution in [2.24, 2.45) is 5.92 Å². The molecule has 4 heteroatoms. The Bertz CT molecular complexity index is 697. The molecule has 0 aliphatic heterocycles. The largest absolute Gasteiger partial charge is 0.481 e. The molecule has 0 radical (unpaired) electrons. The number of hydrogen-bond donors (Lipinski definition) is 1. The van der Waals surface area contributed by atoms with E-state index in [4.69, 9.17) is 4.43 Å². The molecule has 1 aliphatic carbocycles. The van der Waals surface area contributed by atoms with Crippen molar-refractivity contribution in [1.82, 2.24) is 0 Å². The Morgan fingerprint density at radius 1 is 0.962 bits per heavy atom. The zero-order chi connectivity index (χ0) is 18.8. The third kappa shape index (κ3) is 3.36. The van der Waals surface area contributed by atoms with Crippen LogP contribution in [0.25, 0.3) is 0 Å². The topological polar surface area (TPSA) is 46.5 Å². The van der Waals surface area contributed by atoms with Gasteiger partial charge in [0.25, 0.3) is 8.32 Å². The number of hydrogen-bond acceptors (Lipinski definition) is 2. The lowest BCUT2D eigenvalue weighted by molar-refractivity contribution is -0.144. The maximum absolute atomic E-state index is 11.8. The minimum atomic E-state index is -2.67. The molecule has 1 fully saturated rings. The Hall–Kier alpha value is -1.91. The van der Waals surface area contributed by atoms with Gasteiger partial charge in [-0.15, -0.1) is 0 Å². The Balaban J connectivity index is 2.16. The summed E-state index contributed by atoms with van der Waals surface area (Å²) in [5, 5.41) is 11.9. The van der Waals surface area contributed by atoms with Gasteiger partial charge in [0, 0.05) is 0 Å². The number of carboxylic acid groups (broad SMARTS) is 1. The standard InChI is InChI=1S/C22H28O3Si/c1-22(2,3)26(17-11-6-4-7-12-17,18-13-8-5-9-14-18)25-20-16-10-15-19(20)21(23)24/h4-9,11-14,19-20H,10,15-16H2,1-3H3,(H,23,24). The summed E-state index contributed by atoms with van der Waals surface area (Å²) in [5.74, 6) is -1.14. The predicted molar refractivity (Wildman–Crippen MR) is 107 cm³/mol. The van der Waals surface area contributed by atoms with Crippen LogP contribution in [-0.2, 0) is 9.22 Å². The van der Waals surface area contributed by atoms with Crippen LogP contribution in [0.5, 0.6) is 0 Å². The third-order valence-corrected chi connectivity index (χ3v) is 10.6. The normalized spacial score (nSPS) is 20.9. The second kappa shape index (κ2) is 7.37. The van der Waals surface area contributed by atoms with Gasteiger partial charge < -0.3 is 9.53 Å². The van der Waals surface area contributed by atoms with E-state index in [-0.39, 0.29) is 11.1 Å². The molecular weight excluding hydrogens is 340 g/mol. The first-order chi connectivity index (χ1) is 12.4. The molecule has 0 heterocycles. The van der Waals surface area contributed by atoms with Crippen molar-refractivity contribution in [3.8, 4) is 0 Å². The number of rotatable bonds is 5. The van der Waals surface area contributed by atoms with E-state index in [9.17, 15) is 9.90 Å². The molecule has 2 aromatic rings. The smallest absolute Gasteiger partial charge is 0.309 e. The van der Waals surface area contributed by atoms with E-state index in [2.05, 4.69) is 69.3 Å². The van der Waals surface area contributed by atoms with Gasteiger partial charge in [0.2, 0.25) is 0 Å². The highest BCUT2D eigenvalue weighted by Gasteiger charge is 2.53. The molecule has 0 amide bonds. The van der Waals surface area contributed by atoms with Crippen LogP contribution in [0.2, 0.25) is 5.04 Å². The molecule has 2 unspecified atom stereocenters. The lowest BCUT2D eigenvalue weighted by Gasteiger charge is -2.45. The van der Waals surface area contributed by atoms with Crippen molar-refractivity contribution in [3.63, 3.8) is 0 Å². The number of carboxylic acids is 1. The summed E-state index contributed by atoms with van der Waals surface area (Å²) in [5.41, 5.74) is 0. The first-order valence-corrected chi connectivity index (χ1v) is 11.3. The van der Waals surface area contributed by atoms with Gasteiger partial charge in [-0.25, -0.2) is 0 Å². The van der Waals surface area contributed by atoms with Gasteiger partial charge in [-0.1, -0.05) is 81.4 Å². The summed E-state index contributed by atoms with van der Waals surface area (Å²) in [6.07, 6.45) is 2.22. The van der Waals surface area contributed by atoms with E-state index in [1.807, 2.05) is 12.1 Å². The fraction of sp³-hybridized carbons (Fsp3) is 0.409. The highest BCUT2D eigenvalue weighted by atomic mass is 28.4. The lowest BCUT2D eigenvalue weighted by atomic mass is 10.1. The van der Waals surface area contributed by atoms with E-state index in [0.29, 0.717) is 6.42 Å². The molecule has 0 saturated heterocycles. The maximum atomic E-state index is 11.8. The van der Waals surface area contributed by atoms with Gasteiger partial charge >= 0.3 is 5.97 Å². The summed E-state index contributed by atoms with van der Waals surface area (Å²) >= 11 is 0. The monoisotopic (exact) mass is 368 g/mol. The Kier molecular flexibility index (Phi) is 5.35. The van der Waals surface area contributed by atoms with Crippen LogP contribution in [0.15, 0.2) is 60.7 Å². The number of aliphatic carboxylic acids is 1. The molecule has 0 aromatic heterocycles. The molecule has 0 bridgehead atoms. The zero-order valence-electron chi connectivity index (χ0n) is 15.8. The van der Waals surface area contributed by atoms with Crippen LogP contribution < -0.4 is 10.4 Å². The van der Waals surface area contributed by atoms with Gasteiger partial charge in [-0.05, 0) is 34.7 Å². The predicted octanol–water partition coefficient (Wildman–Crippen LogP) is 3.82. The van der Waals surface area contributed by atoms with Crippen molar-refractivity contribution in [1.29, 1.82) is 0 Å². The summed E-state index contributed by atoms with van der Waals surface area (Å²) in [6.45, 7) is 6.68. The van der Waals surface area contributed by atoms with Crippen molar-refractivity contribution in [3.05, 3.63) is 60.7 Å². The number of carbonyl (C=O) groups is 1. The van der Waals surface area contributed by atoms with Gasteiger partial charge in [0.05, 0.1) is 12.0 Å². The molecular formula is C22H28O3Si. The molecule has 0 spiro atoms. The van der Waals surface area contributed by atoms with Crippen LogP contribution in [0.4, 0.5) is 0 Å². The highest BCUT2D eigenvalue weighted by molar-refractivity contribution is 6.99. The van der Waals surface area contributed by atoms with Crippen molar-refractivity contribution >= 4 is 24.7 Å². The lowest BCUT2D eigenvalue weighted by Crippen LogP contribution is -2.68. The van der Waals surface area contributed by atoms with Gasteiger partial charge in [0.15, 0.2) is 0 Å². The van der Waals surface area contributed by atoms with E-state index in [0.717, 1.165) is 12.8 Å². The highest BCUT2D eigenvalue weighted by Crippen LogP contribution is 2.40. The quantitative estimate of drug-likeness (QED) is 0.816. The second-order valence-electron chi connectivity index (χ2n) is 8.20. The first-order valence-electron chi connectivity index (χ1n) is 9.38. The van der Waals surface area contributed by atoms with Crippen LogP contribution >= 0.6 is 0 Å². The fourth-order valence-corrected chi connectivity index (χ4v) is 9.02. The van der Waals surface area contributed by atoms with Gasteiger partial charge in [-0.2, -0.15) is 0 Å². The molecule has 3 rings (SSSR count). The van der Waals surface area contributed by atoms with Gasteiger partial charge in [-0.3, -0.25) is 4.79 Å². The Morgan fingerprint density at radius 3 is 1.88 bits per heavy atom. The van der Waals surface area contributed by atoms with E-state index in [1.54, 1.807) is 0 Å². The molecule has 26 heavy (non-hydrogen) atoms. The summed E-state index contributed by atoms with van der Waals surface area (Å²) in [4.78, 5) is 11.8. The van der Waals surface area contributed by atoms with Crippen LogP contribution in [0, 0.1) is 5.92 Å². The molecule has 3 nitrogen and oxygen atoms in total. The summed E-state index contributed by atoms with van der Waals surface area (Å²) < 4.78 is 6.97. The molecule has 1 aliphatic rings. The van der Waals surface area contributed by atoms with E-state index in [1.165, 1.54) is 10.4 Å². The molecule has 2 aromatic carbocycles. The third-order valence-electron chi connectivity index (χ3n) is 5.51. The zero-order valence-corrected chi connectivity index (χ0v) is 16.8. The van der Waals surface area contributed by atoms with Crippen molar-refractivity contribution in [2.75, 3.05) is 0 Å². The van der Waals surface area contributed by atoms with Crippen LogP contribution in [-0.4, -0.2) is 25.5 Å². The molecule has 1 N–H and O–H groups in total. The molecule has 138 valence electrons. The van der Waals surface area contributed by atoms with E-state index >= 15 is 0 Å². The average molecular weight is 369 g/mol. The number of benzene rings is 2. The van der Waals surface area contributed by atoms with Crippen molar-refractivity contribution < 1.29 is 14.3 Å². The SMILES string of the molecule is CC(C)(C)[Si](OC1CCCC1C(=O)O)(c1ccccc1)c1ccccc1. The first kappa shape index (κ1) is 18.9. The summed E-state index contributed by atoms with van der Waals surface area (Å²) in [6, 6.07) is 20.8. The van der Waals surface area contributed by atoms with Crippen molar-refractivity contribution in [2.45, 2.75) is 51.2 Å². The second-order valence-corrected chi connectivity index (χ2v) is 12.4. The minimum absolute atomic E-state index is 0.124. The Labute approximate surface area is 157 Å². The molecule has 2 atom stereocenters. The summed E-state index contributed by atoms with van der Waals surface area (Å²) in [7, 11) is -2.67. The van der Waals surface area contributed by atoms with E-state index < -0.39 is 20.2 Å². The Morgan fingerprint density at radius 2 is 1.46 bits per heavy atom. The van der Waals surface area contributed by atoms with Crippen LogP contribution in [0.3, 0.4) is 0 Å². The van der Waals surface area contributed by atoms with Crippen LogP contribution in [0.1, 0.15) is 40.0 Å². The maximum Gasteiger partial charge on any atom is 0.309 e. The average Bonchev–Trinajstić information content (AvgIpc) is 3.08. The molecule has 1 saturated carbocycles.